The third-order valence-electron chi connectivity index (χ3n) is 3.12. The first-order valence-corrected chi connectivity index (χ1v) is 6.37. The molecule has 1 aliphatic carbocycles. The Morgan fingerprint density at radius 2 is 2.13 bits per heavy atom. The highest BCUT2D eigenvalue weighted by molar-refractivity contribution is 7.17. The third kappa shape index (κ3) is 1.80. The van der Waals surface area contributed by atoms with Gasteiger partial charge in [-0.3, -0.25) is 0 Å². The lowest BCUT2D eigenvalue weighted by Gasteiger charge is -2.08. The molecular weight excluding hydrogens is 204 g/mol. The first-order chi connectivity index (χ1) is 7.34. The lowest BCUT2D eigenvalue weighted by Crippen LogP contribution is -1.96. The Balaban J connectivity index is 1.95. The largest absolute Gasteiger partial charge is 0.388 e. The van der Waals surface area contributed by atoms with Crippen LogP contribution in [0.1, 0.15) is 30.9 Å². The Bertz CT molecular complexity index is 470. The fraction of sp³-hybridized carbons (Fsp3) is 0.385. The van der Waals surface area contributed by atoms with E-state index < -0.39 is 0 Å². The fourth-order valence-electron chi connectivity index (χ4n) is 2.05. The van der Waals surface area contributed by atoms with Crippen molar-refractivity contribution in [2.45, 2.75) is 25.4 Å². The van der Waals surface area contributed by atoms with Crippen molar-refractivity contribution in [1.29, 1.82) is 0 Å². The van der Waals surface area contributed by atoms with E-state index in [0.29, 0.717) is 0 Å². The minimum atomic E-state index is -0.256. The molecule has 1 atom stereocenters. The molecule has 0 amide bonds. The number of fused-ring (bicyclic) bond motifs is 1. The summed E-state index contributed by atoms with van der Waals surface area (Å²) in [5.74, 6) is 0.777. The highest BCUT2D eigenvalue weighted by atomic mass is 32.1. The van der Waals surface area contributed by atoms with E-state index in [1.54, 1.807) is 11.3 Å². The zero-order chi connectivity index (χ0) is 10.3. The summed E-state index contributed by atoms with van der Waals surface area (Å²) in [6.07, 6.45) is 3.30. The molecule has 0 saturated heterocycles. The quantitative estimate of drug-likeness (QED) is 0.832. The number of rotatable bonds is 3. The van der Waals surface area contributed by atoms with E-state index >= 15 is 0 Å². The standard InChI is InChI=1S/C13H14OS/c14-12(7-9-5-6-9)11-8-15-13-4-2-1-3-10(11)13/h1-4,8-9,12,14H,5-7H2. The second-order valence-electron chi connectivity index (χ2n) is 4.38. The van der Waals surface area contributed by atoms with Crippen molar-refractivity contribution in [3.63, 3.8) is 0 Å². The summed E-state index contributed by atoms with van der Waals surface area (Å²) >= 11 is 1.73. The number of hydrogen-bond acceptors (Lipinski definition) is 2. The van der Waals surface area contributed by atoms with Gasteiger partial charge in [-0.15, -0.1) is 11.3 Å². The first kappa shape index (κ1) is 9.37. The summed E-state index contributed by atoms with van der Waals surface area (Å²) in [6, 6.07) is 8.32. The van der Waals surface area contributed by atoms with E-state index in [0.717, 1.165) is 17.9 Å². The molecule has 1 N–H and O–H groups in total. The van der Waals surface area contributed by atoms with Crippen LogP contribution in [-0.2, 0) is 0 Å². The van der Waals surface area contributed by atoms with Gasteiger partial charge in [-0.25, -0.2) is 0 Å². The molecule has 0 bridgehead atoms. The highest BCUT2D eigenvalue weighted by Gasteiger charge is 2.26. The van der Waals surface area contributed by atoms with Gasteiger partial charge >= 0.3 is 0 Å². The van der Waals surface area contributed by atoms with E-state index in [-0.39, 0.29) is 6.10 Å². The Morgan fingerprint density at radius 3 is 2.93 bits per heavy atom. The normalized spacial score (nSPS) is 18.2. The molecule has 0 aliphatic heterocycles. The van der Waals surface area contributed by atoms with Crippen molar-refractivity contribution in [1.82, 2.24) is 0 Å². The molecule has 1 aromatic carbocycles. The van der Waals surface area contributed by atoms with Crippen LogP contribution in [0.5, 0.6) is 0 Å². The Hall–Kier alpha value is -0.860. The number of aliphatic hydroxyl groups excluding tert-OH is 1. The van der Waals surface area contributed by atoms with Gasteiger partial charge in [-0.1, -0.05) is 31.0 Å². The van der Waals surface area contributed by atoms with Gasteiger partial charge < -0.3 is 5.11 Å². The molecule has 1 aliphatic rings. The third-order valence-corrected chi connectivity index (χ3v) is 4.11. The maximum Gasteiger partial charge on any atom is 0.0806 e. The van der Waals surface area contributed by atoms with Crippen LogP contribution in [0, 0.1) is 5.92 Å². The topological polar surface area (TPSA) is 20.2 Å². The summed E-state index contributed by atoms with van der Waals surface area (Å²) in [6.45, 7) is 0. The molecule has 15 heavy (non-hydrogen) atoms. The smallest absolute Gasteiger partial charge is 0.0806 e. The molecule has 1 aromatic heterocycles. The van der Waals surface area contributed by atoms with Gasteiger partial charge in [-0.2, -0.15) is 0 Å². The molecule has 3 rings (SSSR count). The maximum atomic E-state index is 10.1. The van der Waals surface area contributed by atoms with Gasteiger partial charge in [0.1, 0.15) is 0 Å². The Labute approximate surface area is 93.4 Å². The van der Waals surface area contributed by atoms with Crippen molar-refractivity contribution in [2.75, 3.05) is 0 Å². The molecule has 0 spiro atoms. The highest BCUT2D eigenvalue weighted by Crippen LogP contribution is 2.40. The molecule has 1 unspecified atom stereocenters. The minimum absolute atomic E-state index is 0.256. The SMILES string of the molecule is OC(CC1CC1)c1csc2ccccc12. The van der Waals surface area contributed by atoms with Crippen molar-refractivity contribution in [3.8, 4) is 0 Å². The van der Waals surface area contributed by atoms with Crippen LogP contribution in [0.4, 0.5) is 0 Å². The van der Waals surface area contributed by atoms with Crippen LogP contribution in [0.2, 0.25) is 0 Å². The number of hydrogen-bond donors (Lipinski definition) is 1. The molecule has 1 fully saturated rings. The number of benzene rings is 1. The molecule has 0 radical (unpaired) electrons. The van der Waals surface area contributed by atoms with Crippen LogP contribution >= 0.6 is 11.3 Å². The Morgan fingerprint density at radius 1 is 1.33 bits per heavy atom. The number of thiophene rings is 1. The zero-order valence-corrected chi connectivity index (χ0v) is 9.33. The predicted octanol–water partition coefficient (Wildman–Crippen LogP) is 3.73. The molecule has 1 nitrogen and oxygen atoms in total. The first-order valence-electron chi connectivity index (χ1n) is 5.49. The van der Waals surface area contributed by atoms with E-state index in [2.05, 4.69) is 23.6 Å². The van der Waals surface area contributed by atoms with Gasteiger partial charge in [0.05, 0.1) is 6.10 Å². The lowest BCUT2D eigenvalue weighted by atomic mass is 10.0. The van der Waals surface area contributed by atoms with Crippen LogP contribution < -0.4 is 0 Å². The van der Waals surface area contributed by atoms with E-state index in [9.17, 15) is 5.11 Å². The summed E-state index contributed by atoms with van der Waals surface area (Å²) in [4.78, 5) is 0. The maximum absolute atomic E-state index is 10.1. The Kier molecular flexibility index (Phi) is 2.26. The summed E-state index contributed by atoms with van der Waals surface area (Å²) in [5.41, 5.74) is 1.13. The van der Waals surface area contributed by atoms with E-state index in [1.165, 1.54) is 22.9 Å². The van der Waals surface area contributed by atoms with Crippen molar-refractivity contribution < 1.29 is 5.11 Å². The van der Waals surface area contributed by atoms with Gasteiger partial charge in [0.2, 0.25) is 0 Å². The molecule has 2 aromatic rings. The van der Waals surface area contributed by atoms with Crippen LogP contribution in [0.3, 0.4) is 0 Å². The van der Waals surface area contributed by atoms with Gasteiger partial charge in [0.15, 0.2) is 0 Å². The van der Waals surface area contributed by atoms with E-state index in [1.807, 2.05) is 6.07 Å². The summed E-state index contributed by atoms with van der Waals surface area (Å²) in [7, 11) is 0. The summed E-state index contributed by atoms with van der Waals surface area (Å²) in [5, 5.41) is 13.5. The fourth-order valence-corrected chi connectivity index (χ4v) is 3.06. The van der Waals surface area contributed by atoms with Crippen LogP contribution in [0.25, 0.3) is 10.1 Å². The van der Waals surface area contributed by atoms with Crippen molar-refractivity contribution in [2.24, 2.45) is 5.92 Å². The average Bonchev–Trinajstić information content (AvgIpc) is 2.96. The van der Waals surface area contributed by atoms with Gasteiger partial charge in [-0.05, 0) is 34.7 Å². The minimum Gasteiger partial charge on any atom is -0.388 e. The monoisotopic (exact) mass is 218 g/mol. The predicted molar refractivity (Wildman–Crippen MR) is 64.1 cm³/mol. The molecule has 2 heteroatoms. The molecule has 1 saturated carbocycles. The van der Waals surface area contributed by atoms with E-state index in [4.69, 9.17) is 0 Å². The summed E-state index contributed by atoms with van der Waals surface area (Å²) < 4.78 is 1.28. The number of aliphatic hydroxyl groups is 1. The average molecular weight is 218 g/mol. The lowest BCUT2D eigenvalue weighted by molar-refractivity contribution is 0.162. The second-order valence-corrected chi connectivity index (χ2v) is 5.29. The molecule has 1 heterocycles. The van der Waals surface area contributed by atoms with Gasteiger partial charge in [0.25, 0.3) is 0 Å². The van der Waals surface area contributed by atoms with Crippen molar-refractivity contribution >= 4 is 21.4 Å². The van der Waals surface area contributed by atoms with Crippen LogP contribution in [0.15, 0.2) is 29.6 Å². The zero-order valence-electron chi connectivity index (χ0n) is 8.52. The van der Waals surface area contributed by atoms with Crippen LogP contribution in [-0.4, -0.2) is 5.11 Å². The van der Waals surface area contributed by atoms with Crippen molar-refractivity contribution in [3.05, 3.63) is 35.2 Å². The molecule has 78 valence electrons. The van der Waals surface area contributed by atoms with Gasteiger partial charge in [0, 0.05) is 4.70 Å². The molecular formula is C13H14OS. The second kappa shape index (κ2) is 3.62.